The summed E-state index contributed by atoms with van der Waals surface area (Å²) in [6, 6.07) is 0.855. The van der Waals surface area contributed by atoms with Crippen molar-refractivity contribution in [1.29, 1.82) is 0 Å². The molecule has 1 unspecified atom stereocenters. The molecule has 0 amide bonds. The van der Waals surface area contributed by atoms with Crippen LogP contribution in [0.5, 0.6) is 0 Å². The highest BCUT2D eigenvalue weighted by Gasteiger charge is 2.09. The molecule has 0 aromatic rings. The molecule has 0 aromatic carbocycles. The lowest BCUT2D eigenvalue weighted by atomic mass is 10.8. The molecule has 0 aliphatic rings. The topological polar surface area (TPSA) is 36.9 Å². The van der Waals surface area contributed by atoms with Crippen molar-refractivity contribution in [3.05, 3.63) is 12.7 Å². The summed E-state index contributed by atoms with van der Waals surface area (Å²) in [7, 11) is -2.26. The van der Waals surface area contributed by atoms with E-state index in [4.69, 9.17) is 16.8 Å². The van der Waals surface area contributed by atoms with E-state index in [0.29, 0.717) is 6.61 Å². The molecule has 0 N–H and O–H groups in total. The number of hydrogen-bond acceptors (Lipinski definition) is 4. The Hall–Kier alpha value is 0.448. The Morgan fingerprint density at radius 3 is 2.85 bits per heavy atom. The molecule has 0 heterocycles. The third-order valence-electron chi connectivity index (χ3n) is 1.25. The van der Waals surface area contributed by atoms with Crippen LogP contribution >= 0.6 is 0 Å². The lowest BCUT2D eigenvalue weighted by molar-refractivity contribution is 0.276. The van der Waals surface area contributed by atoms with Crippen molar-refractivity contribution < 1.29 is 16.8 Å². The normalized spacial score (nSPS) is 14.8. The van der Waals surface area contributed by atoms with E-state index in [1.165, 1.54) is 0 Å². The molecule has 1 atom stereocenters. The van der Waals surface area contributed by atoms with Crippen molar-refractivity contribution in [2.45, 2.75) is 13.0 Å². The first-order valence-electron chi connectivity index (χ1n) is 4.25. The van der Waals surface area contributed by atoms with Crippen LogP contribution < -0.4 is 0 Å². The molecule has 0 saturated heterocycles. The predicted molar refractivity (Wildman–Crippen MR) is 64.1 cm³/mol. The Balaban J connectivity index is 3.38. The van der Waals surface area contributed by atoms with Crippen molar-refractivity contribution in [3.63, 3.8) is 0 Å². The van der Waals surface area contributed by atoms with Gasteiger partial charge >= 0.3 is 9.28 Å². The fourth-order valence-electron chi connectivity index (χ4n) is 0.748. The quantitative estimate of drug-likeness (QED) is 0.265. The molecule has 0 bridgehead atoms. The maximum atomic E-state index is 5.56. The van der Waals surface area contributed by atoms with Crippen LogP contribution in [-0.4, -0.2) is 46.4 Å². The van der Waals surface area contributed by atoms with Gasteiger partial charge in [-0.25, -0.2) is 0 Å². The van der Waals surface area contributed by atoms with E-state index in [-0.39, 0.29) is 0 Å². The van der Waals surface area contributed by atoms with Crippen molar-refractivity contribution in [2.24, 2.45) is 0 Å². The van der Waals surface area contributed by atoms with E-state index in [0.717, 1.165) is 16.5 Å². The molecule has 8 heteroatoms. The summed E-state index contributed by atoms with van der Waals surface area (Å²) < 4.78 is 21.3. The highest BCUT2D eigenvalue weighted by molar-refractivity contribution is 6.53. The van der Waals surface area contributed by atoms with Crippen molar-refractivity contribution in [1.82, 2.24) is 0 Å². The largest absolute Gasteiger partial charge is 0.449 e. The molecular formula is C5H18O4Si4. The molecule has 0 aromatic heterocycles. The molecular weight excluding hydrogens is 236 g/mol. The van der Waals surface area contributed by atoms with E-state index >= 15 is 0 Å². The maximum Gasteiger partial charge on any atom is 0.316 e. The van der Waals surface area contributed by atoms with E-state index in [2.05, 4.69) is 6.58 Å². The molecule has 4 nitrogen and oxygen atoms in total. The van der Waals surface area contributed by atoms with Gasteiger partial charge in [-0.1, -0.05) is 6.08 Å². The first kappa shape index (κ1) is 13.4. The number of allylic oxidation sites excluding steroid dienone is 1. The second-order valence-electron chi connectivity index (χ2n) is 2.30. The SMILES string of the molecule is C=CC[SiH](OCC)O[SiH2]O[SiH2]O[SiH3]. The first-order valence-corrected chi connectivity index (χ1v) is 9.14. The summed E-state index contributed by atoms with van der Waals surface area (Å²) in [6.07, 6.45) is 1.85. The van der Waals surface area contributed by atoms with Crippen molar-refractivity contribution in [2.75, 3.05) is 6.61 Å². The molecule has 78 valence electrons. The third-order valence-corrected chi connectivity index (χ3v) is 6.98. The van der Waals surface area contributed by atoms with Crippen LogP contribution in [0.4, 0.5) is 0 Å². The third kappa shape index (κ3) is 8.77. The van der Waals surface area contributed by atoms with E-state index < -0.39 is 29.3 Å². The highest BCUT2D eigenvalue weighted by atomic mass is 28.4. The number of rotatable bonds is 9. The lowest BCUT2D eigenvalue weighted by Gasteiger charge is -2.14. The zero-order valence-corrected chi connectivity index (χ0v) is 14.3. The minimum Gasteiger partial charge on any atom is -0.449 e. The monoisotopic (exact) mass is 254 g/mol. The van der Waals surface area contributed by atoms with Crippen LogP contribution in [-0.2, 0) is 16.8 Å². The Morgan fingerprint density at radius 2 is 2.31 bits per heavy atom. The van der Waals surface area contributed by atoms with Gasteiger partial charge in [-0.2, -0.15) is 0 Å². The smallest absolute Gasteiger partial charge is 0.316 e. The first-order chi connectivity index (χ1) is 6.35. The van der Waals surface area contributed by atoms with Gasteiger partial charge in [0.25, 0.3) is 20.0 Å². The Bertz CT molecular complexity index is 125. The molecule has 0 fully saturated rings. The number of hydrogen-bond donors (Lipinski definition) is 0. The van der Waals surface area contributed by atoms with Crippen molar-refractivity contribution >= 4 is 39.8 Å². The van der Waals surface area contributed by atoms with Crippen LogP contribution in [0.25, 0.3) is 0 Å². The van der Waals surface area contributed by atoms with Crippen LogP contribution in [0, 0.1) is 0 Å². The van der Waals surface area contributed by atoms with Crippen LogP contribution in [0.3, 0.4) is 0 Å². The van der Waals surface area contributed by atoms with Crippen LogP contribution in [0.15, 0.2) is 12.7 Å². The van der Waals surface area contributed by atoms with Gasteiger partial charge < -0.3 is 16.8 Å². The van der Waals surface area contributed by atoms with Gasteiger partial charge in [0, 0.05) is 12.7 Å². The van der Waals surface area contributed by atoms with Gasteiger partial charge in [0.05, 0.1) is 0 Å². The fourth-order valence-corrected chi connectivity index (χ4v) is 6.75. The molecule has 13 heavy (non-hydrogen) atoms. The highest BCUT2D eigenvalue weighted by Crippen LogP contribution is 1.96. The summed E-state index contributed by atoms with van der Waals surface area (Å²) in [5.74, 6) is 0. The maximum absolute atomic E-state index is 5.56. The van der Waals surface area contributed by atoms with Gasteiger partial charge in [-0.05, 0) is 6.92 Å². The van der Waals surface area contributed by atoms with E-state index in [9.17, 15) is 0 Å². The van der Waals surface area contributed by atoms with Gasteiger partial charge in [0.2, 0.25) is 0 Å². The Kier molecular flexibility index (Phi) is 10.9. The minimum atomic E-state index is -1.48. The summed E-state index contributed by atoms with van der Waals surface area (Å²) in [5, 5.41) is 0. The molecule has 0 spiro atoms. The second kappa shape index (κ2) is 10.5. The average molecular weight is 255 g/mol. The Labute approximate surface area is 89.1 Å². The van der Waals surface area contributed by atoms with Gasteiger partial charge in [-0.15, -0.1) is 6.58 Å². The van der Waals surface area contributed by atoms with Gasteiger partial charge in [0.1, 0.15) is 10.5 Å². The van der Waals surface area contributed by atoms with Gasteiger partial charge in [-0.3, -0.25) is 0 Å². The fraction of sp³-hybridized carbons (Fsp3) is 0.600. The molecule has 0 aliphatic heterocycles. The summed E-state index contributed by atoms with van der Waals surface area (Å²) in [5.41, 5.74) is 0. The van der Waals surface area contributed by atoms with Crippen molar-refractivity contribution in [3.8, 4) is 0 Å². The van der Waals surface area contributed by atoms with E-state index in [1.54, 1.807) is 0 Å². The second-order valence-corrected chi connectivity index (χ2v) is 9.72. The standard InChI is InChI=1S/C5H18O4Si4/c1-3-5-13(6-4-2)9-12-8-11-7-10/h3,13H,1,4-5,11-12H2,2,10H3. The van der Waals surface area contributed by atoms with Crippen LogP contribution in [0.2, 0.25) is 6.04 Å². The zero-order valence-electron chi connectivity index (χ0n) is 8.32. The summed E-state index contributed by atoms with van der Waals surface area (Å²) in [4.78, 5) is 0. The van der Waals surface area contributed by atoms with E-state index in [1.807, 2.05) is 13.0 Å². The Morgan fingerprint density at radius 1 is 1.54 bits per heavy atom. The minimum absolute atomic E-state index is 0.710. The zero-order chi connectivity index (χ0) is 9.94. The van der Waals surface area contributed by atoms with Crippen LogP contribution in [0.1, 0.15) is 6.92 Å². The molecule has 0 rings (SSSR count). The average Bonchev–Trinajstić information content (AvgIpc) is 2.13. The predicted octanol–water partition coefficient (Wildman–Crippen LogP) is -2.24. The molecule has 0 saturated carbocycles. The lowest BCUT2D eigenvalue weighted by Crippen LogP contribution is -2.26. The molecule has 0 aliphatic carbocycles. The van der Waals surface area contributed by atoms with Gasteiger partial charge in [0.15, 0.2) is 0 Å². The molecule has 0 radical (unpaired) electrons. The summed E-state index contributed by atoms with van der Waals surface area (Å²) >= 11 is 0. The summed E-state index contributed by atoms with van der Waals surface area (Å²) in [6.45, 7) is 6.36.